The van der Waals surface area contributed by atoms with Crippen LogP contribution in [-0.4, -0.2) is 86.3 Å². The van der Waals surface area contributed by atoms with Crippen molar-refractivity contribution >= 4 is 38.4 Å². The number of aryl methyl sites for hydroxylation is 1. The number of alkyl halides is 1. The highest BCUT2D eigenvalue weighted by molar-refractivity contribution is 6.18. The van der Waals surface area contributed by atoms with Crippen molar-refractivity contribution in [2.24, 2.45) is 7.05 Å². The lowest BCUT2D eigenvalue weighted by Gasteiger charge is -2.34. The number of nitrogens with zero attached hydrogens (tertiary/aromatic N) is 6. The first kappa shape index (κ1) is 29.4. The SMILES string of the molecule is C#Cc1c(F)ccc2cc(O)cc(-c3cc4nc(OC[C@]56CC(=C)CN5C[C@@H](F)C6)nc(N5C[C@H]6CC[C@@H](C5)N6)c4c4cn(C)nc34)c12. The Morgan fingerprint density at radius 2 is 1.94 bits per heavy atom. The van der Waals surface area contributed by atoms with Gasteiger partial charge in [0.05, 0.1) is 22.0 Å². The van der Waals surface area contributed by atoms with Gasteiger partial charge < -0.3 is 20.1 Å². The Hall–Kier alpha value is -4.79. The Labute approximate surface area is 276 Å². The third-order valence-corrected chi connectivity index (χ3v) is 10.7. The molecule has 4 atom stereocenters. The predicted molar refractivity (Wildman–Crippen MR) is 182 cm³/mol. The molecular weight excluding hydrogens is 612 g/mol. The second-order valence-electron chi connectivity index (χ2n) is 14.0. The minimum absolute atomic E-state index is 0.0182. The van der Waals surface area contributed by atoms with Gasteiger partial charge >= 0.3 is 6.01 Å². The molecule has 2 N–H and O–H groups in total. The van der Waals surface area contributed by atoms with Crippen molar-refractivity contribution in [1.29, 1.82) is 0 Å². The highest BCUT2D eigenvalue weighted by Gasteiger charge is 2.51. The molecule has 4 aliphatic heterocycles. The molecule has 0 aliphatic carbocycles. The first-order chi connectivity index (χ1) is 23.2. The number of piperazine rings is 1. The maximum atomic E-state index is 15.1. The summed E-state index contributed by atoms with van der Waals surface area (Å²) in [7, 11) is 1.85. The molecule has 4 aliphatic rings. The van der Waals surface area contributed by atoms with Crippen LogP contribution in [0.3, 0.4) is 0 Å². The zero-order chi connectivity index (χ0) is 32.9. The number of hydrogen-bond donors (Lipinski definition) is 2. The number of nitrogens with one attached hydrogen (secondary N) is 1. The number of terminal acetylenes is 1. The van der Waals surface area contributed by atoms with E-state index in [1.807, 2.05) is 19.3 Å². The number of phenolic OH excluding ortho intramolecular Hbond substituents is 1. The minimum Gasteiger partial charge on any atom is -0.508 e. The molecule has 6 heterocycles. The van der Waals surface area contributed by atoms with Gasteiger partial charge in [-0.25, -0.2) is 8.78 Å². The lowest BCUT2D eigenvalue weighted by atomic mass is 9.92. The topological polar surface area (TPSA) is 91.6 Å². The number of hydrogen-bond acceptors (Lipinski definition) is 8. The van der Waals surface area contributed by atoms with Crippen LogP contribution in [0.2, 0.25) is 0 Å². The second-order valence-corrected chi connectivity index (χ2v) is 14.0. The monoisotopic (exact) mass is 647 g/mol. The van der Waals surface area contributed by atoms with E-state index in [1.54, 1.807) is 22.9 Å². The van der Waals surface area contributed by atoms with Gasteiger partial charge in [-0.1, -0.05) is 24.1 Å². The zero-order valence-electron chi connectivity index (χ0n) is 26.6. The van der Waals surface area contributed by atoms with Crippen molar-refractivity contribution in [3.8, 4) is 35.2 Å². The molecule has 3 aromatic carbocycles. The molecule has 2 aromatic heterocycles. The van der Waals surface area contributed by atoms with Crippen molar-refractivity contribution in [2.75, 3.05) is 37.7 Å². The molecule has 0 spiro atoms. The minimum atomic E-state index is -0.914. The number of halogens is 2. The van der Waals surface area contributed by atoms with Crippen molar-refractivity contribution in [3.63, 3.8) is 0 Å². The summed E-state index contributed by atoms with van der Waals surface area (Å²) in [5.41, 5.74) is 3.17. The molecule has 5 aromatic rings. The van der Waals surface area contributed by atoms with Crippen LogP contribution >= 0.6 is 0 Å². The fraction of sp³-hybridized carbons (Fsp3) is 0.378. The van der Waals surface area contributed by atoms with Crippen LogP contribution in [0.4, 0.5) is 14.6 Å². The average molecular weight is 648 g/mol. The zero-order valence-corrected chi connectivity index (χ0v) is 26.6. The number of benzene rings is 3. The first-order valence-corrected chi connectivity index (χ1v) is 16.5. The number of anilines is 1. The maximum Gasteiger partial charge on any atom is 0.319 e. The van der Waals surface area contributed by atoms with E-state index in [1.165, 1.54) is 6.07 Å². The first-order valence-electron chi connectivity index (χ1n) is 16.5. The molecule has 4 saturated heterocycles. The normalized spacial score (nSPS) is 25.4. The van der Waals surface area contributed by atoms with Gasteiger partial charge in [-0.15, -0.1) is 6.42 Å². The van der Waals surface area contributed by atoms with Crippen LogP contribution in [0.15, 0.2) is 48.7 Å². The standard InChI is InChI=1S/C37H35F2N7O2/c1-4-26-30(39)8-5-21-9-25(47)10-27(32(21)26)28-11-31-33(29-18-44(3)43-34(28)29)35(45-16-23-6-7-24(17-45)40-23)42-36(41-31)48-19-37-12-20(2)14-46(37)15-22(38)13-37/h1,5,8-11,18,22-24,40,47H,2,6-7,12-17,19H2,3H3/t22-,23-,24+,37+/m0/s1. The van der Waals surface area contributed by atoms with E-state index in [9.17, 15) is 9.50 Å². The number of fused-ring (bicyclic) bond motifs is 7. The third kappa shape index (κ3) is 4.54. The fourth-order valence-electron chi connectivity index (χ4n) is 8.78. The third-order valence-electron chi connectivity index (χ3n) is 10.7. The van der Waals surface area contributed by atoms with Crippen LogP contribution < -0.4 is 15.0 Å². The summed E-state index contributed by atoms with van der Waals surface area (Å²) in [6.07, 6.45) is 10.1. The molecule has 0 amide bonds. The summed E-state index contributed by atoms with van der Waals surface area (Å²) in [4.78, 5) is 14.5. The summed E-state index contributed by atoms with van der Waals surface area (Å²) in [6.45, 7) is 7.04. The summed E-state index contributed by atoms with van der Waals surface area (Å²) >= 11 is 0. The van der Waals surface area contributed by atoms with Crippen LogP contribution in [0.5, 0.6) is 11.8 Å². The van der Waals surface area contributed by atoms with Crippen LogP contribution in [0.25, 0.3) is 43.7 Å². The van der Waals surface area contributed by atoms with E-state index in [0.29, 0.717) is 70.9 Å². The molecule has 244 valence electrons. The molecule has 0 saturated carbocycles. The number of aromatic hydroxyl groups is 1. The van der Waals surface area contributed by atoms with Gasteiger partial charge in [0.2, 0.25) is 0 Å². The van der Waals surface area contributed by atoms with Gasteiger partial charge in [-0.3, -0.25) is 9.58 Å². The molecule has 9 nitrogen and oxygen atoms in total. The lowest BCUT2D eigenvalue weighted by Crippen LogP contribution is -2.51. The van der Waals surface area contributed by atoms with Gasteiger partial charge in [0, 0.05) is 74.3 Å². The van der Waals surface area contributed by atoms with Gasteiger partial charge in [-0.2, -0.15) is 15.1 Å². The van der Waals surface area contributed by atoms with E-state index >= 15 is 4.39 Å². The summed E-state index contributed by atoms with van der Waals surface area (Å²) in [6, 6.07) is 8.94. The van der Waals surface area contributed by atoms with Crippen molar-refractivity contribution < 1.29 is 18.6 Å². The smallest absolute Gasteiger partial charge is 0.319 e. The highest BCUT2D eigenvalue weighted by Crippen LogP contribution is 2.45. The number of rotatable bonds is 5. The molecule has 9 rings (SSSR count). The Kier molecular flexibility index (Phi) is 6.49. The van der Waals surface area contributed by atoms with E-state index in [-0.39, 0.29) is 23.9 Å². The lowest BCUT2D eigenvalue weighted by molar-refractivity contribution is 0.107. The van der Waals surface area contributed by atoms with E-state index < -0.39 is 17.5 Å². The molecular formula is C37H35F2N7O2. The maximum absolute atomic E-state index is 15.1. The van der Waals surface area contributed by atoms with E-state index in [0.717, 1.165) is 48.1 Å². The van der Waals surface area contributed by atoms with Crippen molar-refractivity contribution in [2.45, 2.75) is 49.5 Å². The molecule has 2 bridgehead atoms. The van der Waals surface area contributed by atoms with Gasteiger partial charge in [0.25, 0.3) is 0 Å². The average Bonchev–Trinajstić information content (AvgIpc) is 3.78. The summed E-state index contributed by atoms with van der Waals surface area (Å²) < 4.78 is 38.0. The summed E-state index contributed by atoms with van der Waals surface area (Å²) in [5, 5.41) is 22.2. The number of aromatic nitrogens is 4. The number of ether oxygens (including phenoxy) is 1. The van der Waals surface area contributed by atoms with Crippen LogP contribution in [0.1, 0.15) is 31.2 Å². The highest BCUT2D eigenvalue weighted by atomic mass is 19.1. The van der Waals surface area contributed by atoms with Gasteiger partial charge in [0.1, 0.15) is 35.7 Å². The van der Waals surface area contributed by atoms with Crippen LogP contribution in [-0.2, 0) is 7.05 Å². The molecule has 0 radical (unpaired) electrons. The molecule has 0 unspecified atom stereocenters. The predicted octanol–water partition coefficient (Wildman–Crippen LogP) is 5.22. The number of phenols is 1. The van der Waals surface area contributed by atoms with Gasteiger partial charge in [0.15, 0.2) is 0 Å². The summed E-state index contributed by atoms with van der Waals surface area (Å²) in [5.74, 6) is 2.78. The molecule has 11 heteroatoms. The Morgan fingerprint density at radius 3 is 2.73 bits per heavy atom. The molecule has 4 fully saturated rings. The Bertz CT molecular complexity index is 2220. The van der Waals surface area contributed by atoms with E-state index in [4.69, 9.17) is 26.2 Å². The van der Waals surface area contributed by atoms with Gasteiger partial charge in [-0.05, 0) is 54.5 Å². The largest absolute Gasteiger partial charge is 0.508 e. The second kappa shape index (κ2) is 10.6. The van der Waals surface area contributed by atoms with Crippen molar-refractivity contribution in [1.82, 2.24) is 30.0 Å². The quantitative estimate of drug-likeness (QED) is 0.198. The van der Waals surface area contributed by atoms with E-state index in [2.05, 4.69) is 27.6 Å². The Balaban J connectivity index is 1.26. The van der Waals surface area contributed by atoms with Crippen LogP contribution in [0, 0.1) is 18.2 Å². The fourth-order valence-corrected chi connectivity index (χ4v) is 8.78. The molecule has 48 heavy (non-hydrogen) atoms. The van der Waals surface area contributed by atoms with Crippen molar-refractivity contribution in [3.05, 3.63) is 60.1 Å². The Morgan fingerprint density at radius 1 is 1.12 bits per heavy atom.